The van der Waals surface area contributed by atoms with Gasteiger partial charge in [-0.2, -0.15) is 0 Å². The summed E-state index contributed by atoms with van der Waals surface area (Å²) in [5.41, 5.74) is 0.0212. The fourth-order valence-corrected chi connectivity index (χ4v) is 3.92. The third-order valence-corrected chi connectivity index (χ3v) is 5.47. The number of sulfonamides is 1. The lowest BCUT2D eigenvalue weighted by atomic mass is 10.1. The van der Waals surface area contributed by atoms with Crippen molar-refractivity contribution in [3.05, 3.63) is 64.2 Å². The van der Waals surface area contributed by atoms with Crippen LogP contribution in [0.1, 0.15) is 31.1 Å². The molecule has 0 spiro atoms. The van der Waals surface area contributed by atoms with Gasteiger partial charge in [0.1, 0.15) is 5.69 Å². The van der Waals surface area contributed by atoms with Crippen LogP contribution >= 0.6 is 0 Å². The second kappa shape index (κ2) is 9.01. The molecular formula is C19H24N4O5S. The normalized spacial score (nSPS) is 11.7. The van der Waals surface area contributed by atoms with E-state index in [9.17, 15) is 23.3 Å². The van der Waals surface area contributed by atoms with Crippen LogP contribution in [0.3, 0.4) is 0 Å². The van der Waals surface area contributed by atoms with Gasteiger partial charge in [-0.05, 0) is 51.1 Å². The molecule has 0 unspecified atom stereocenters. The number of nitrogens with zero attached hydrogens (tertiary/aromatic N) is 1. The Morgan fingerprint density at radius 3 is 2.24 bits per heavy atom. The fourth-order valence-electron chi connectivity index (χ4n) is 2.51. The molecule has 0 atom stereocenters. The van der Waals surface area contributed by atoms with E-state index in [4.69, 9.17) is 0 Å². The first kappa shape index (κ1) is 22.3. The number of hydrogen-bond acceptors (Lipinski definition) is 6. The van der Waals surface area contributed by atoms with Crippen molar-refractivity contribution in [3.8, 4) is 0 Å². The van der Waals surface area contributed by atoms with Crippen LogP contribution in [0.2, 0.25) is 0 Å². The second-order valence-electron chi connectivity index (χ2n) is 7.34. The molecule has 0 saturated heterocycles. The van der Waals surface area contributed by atoms with Gasteiger partial charge in [-0.3, -0.25) is 14.9 Å². The van der Waals surface area contributed by atoms with Crippen molar-refractivity contribution in [2.75, 3.05) is 18.4 Å². The Morgan fingerprint density at radius 1 is 1.03 bits per heavy atom. The van der Waals surface area contributed by atoms with E-state index in [0.717, 1.165) is 0 Å². The number of para-hydroxylation sites is 2. The quantitative estimate of drug-likeness (QED) is 0.342. The number of anilines is 1. The van der Waals surface area contributed by atoms with E-state index in [1.54, 1.807) is 39.0 Å². The largest absolute Gasteiger partial charge is 0.378 e. The van der Waals surface area contributed by atoms with Crippen LogP contribution in [0.15, 0.2) is 53.4 Å². The minimum absolute atomic E-state index is 0.0421. The number of nitro groups is 1. The molecule has 0 heterocycles. The third-order valence-electron chi connectivity index (χ3n) is 3.69. The zero-order valence-corrected chi connectivity index (χ0v) is 17.2. The number of nitro benzene ring substituents is 1. The lowest BCUT2D eigenvalue weighted by Gasteiger charge is -2.20. The van der Waals surface area contributed by atoms with Crippen LogP contribution < -0.4 is 15.4 Å². The summed E-state index contributed by atoms with van der Waals surface area (Å²) in [5.74, 6) is -0.373. The van der Waals surface area contributed by atoms with E-state index < -0.39 is 20.5 Å². The SMILES string of the molecule is CC(C)(C)NS(=O)(=O)c1ccc(C(=O)NCCNc2ccccc2[N+](=O)[O-])cc1. The summed E-state index contributed by atoms with van der Waals surface area (Å²) in [5, 5.41) is 16.6. The van der Waals surface area contributed by atoms with Crippen molar-refractivity contribution in [2.24, 2.45) is 0 Å². The van der Waals surface area contributed by atoms with Gasteiger partial charge in [0.05, 0.1) is 9.82 Å². The number of nitrogens with one attached hydrogen (secondary N) is 3. The number of benzene rings is 2. The number of hydrogen-bond donors (Lipinski definition) is 3. The summed E-state index contributed by atoms with van der Waals surface area (Å²) in [6.45, 7) is 5.74. The van der Waals surface area contributed by atoms with E-state index in [1.807, 2.05) is 0 Å². The molecule has 29 heavy (non-hydrogen) atoms. The first-order chi connectivity index (χ1) is 13.5. The van der Waals surface area contributed by atoms with Gasteiger partial charge < -0.3 is 10.6 Å². The molecular weight excluding hydrogens is 396 g/mol. The number of carbonyl (C=O) groups excluding carboxylic acids is 1. The van der Waals surface area contributed by atoms with Crippen molar-refractivity contribution in [1.82, 2.24) is 10.0 Å². The Morgan fingerprint density at radius 2 is 1.66 bits per heavy atom. The lowest BCUT2D eigenvalue weighted by Crippen LogP contribution is -2.40. The average molecular weight is 420 g/mol. The molecule has 1 amide bonds. The Balaban J connectivity index is 1.91. The molecule has 0 fully saturated rings. The zero-order valence-electron chi connectivity index (χ0n) is 16.4. The first-order valence-corrected chi connectivity index (χ1v) is 10.4. The molecule has 0 aliphatic carbocycles. The number of rotatable bonds is 8. The van der Waals surface area contributed by atoms with Crippen molar-refractivity contribution < 1.29 is 18.1 Å². The molecule has 2 rings (SSSR count). The minimum Gasteiger partial charge on any atom is -0.378 e. The monoisotopic (exact) mass is 420 g/mol. The van der Waals surface area contributed by atoms with Gasteiger partial charge in [-0.15, -0.1) is 0 Å². The maximum Gasteiger partial charge on any atom is 0.292 e. The van der Waals surface area contributed by atoms with Gasteiger partial charge in [0.2, 0.25) is 10.0 Å². The summed E-state index contributed by atoms with van der Waals surface area (Å²) in [6.07, 6.45) is 0. The van der Waals surface area contributed by atoms with Crippen molar-refractivity contribution in [2.45, 2.75) is 31.2 Å². The Labute approximate surface area is 169 Å². The first-order valence-electron chi connectivity index (χ1n) is 8.89. The predicted molar refractivity (Wildman–Crippen MR) is 110 cm³/mol. The van der Waals surface area contributed by atoms with E-state index >= 15 is 0 Å². The van der Waals surface area contributed by atoms with E-state index in [2.05, 4.69) is 15.4 Å². The van der Waals surface area contributed by atoms with Crippen molar-refractivity contribution in [3.63, 3.8) is 0 Å². The van der Waals surface area contributed by atoms with Crippen LogP contribution in [-0.2, 0) is 10.0 Å². The molecule has 9 nitrogen and oxygen atoms in total. The number of carbonyl (C=O) groups is 1. The summed E-state index contributed by atoms with van der Waals surface area (Å²) in [6, 6.07) is 11.8. The predicted octanol–water partition coefficient (Wildman–Crippen LogP) is 2.51. The summed E-state index contributed by atoms with van der Waals surface area (Å²) in [7, 11) is -3.67. The van der Waals surface area contributed by atoms with Crippen LogP contribution in [0.5, 0.6) is 0 Å². The second-order valence-corrected chi connectivity index (χ2v) is 9.02. The van der Waals surface area contributed by atoms with Gasteiger partial charge in [-0.25, -0.2) is 13.1 Å². The van der Waals surface area contributed by atoms with Gasteiger partial charge >= 0.3 is 0 Å². The standard InChI is InChI=1S/C19H24N4O5S/c1-19(2,3)22-29(27,28)15-10-8-14(9-11-15)18(24)21-13-12-20-16-6-4-5-7-17(16)23(25)26/h4-11,20,22H,12-13H2,1-3H3,(H,21,24). The van der Waals surface area contributed by atoms with E-state index in [1.165, 1.54) is 30.3 Å². The highest BCUT2D eigenvalue weighted by molar-refractivity contribution is 7.89. The molecule has 3 N–H and O–H groups in total. The Hall–Kier alpha value is -2.98. The van der Waals surface area contributed by atoms with Crippen LogP contribution in [-0.4, -0.2) is 37.9 Å². The number of amides is 1. The molecule has 0 aromatic heterocycles. The fraction of sp³-hybridized carbons (Fsp3) is 0.316. The molecule has 0 saturated carbocycles. The molecule has 2 aromatic carbocycles. The molecule has 10 heteroatoms. The molecule has 0 radical (unpaired) electrons. The molecule has 0 aliphatic rings. The van der Waals surface area contributed by atoms with E-state index in [-0.39, 0.29) is 23.0 Å². The van der Waals surface area contributed by atoms with Crippen LogP contribution in [0.25, 0.3) is 0 Å². The highest BCUT2D eigenvalue weighted by atomic mass is 32.2. The average Bonchev–Trinajstić information content (AvgIpc) is 2.63. The van der Waals surface area contributed by atoms with Crippen molar-refractivity contribution in [1.29, 1.82) is 0 Å². The summed E-state index contributed by atoms with van der Waals surface area (Å²) in [4.78, 5) is 22.8. The van der Waals surface area contributed by atoms with Gasteiger partial charge in [-0.1, -0.05) is 12.1 Å². The van der Waals surface area contributed by atoms with Gasteiger partial charge in [0.15, 0.2) is 0 Å². The molecule has 0 bridgehead atoms. The zero-order chi connectivity index (χ0) is 21.7. The minimum atomic E-state index is -3.67. The van der Waals surface area contributed by atoms with Gasteiger partial charge in [0.25, 0.3) is 11.6 Å². The smallest absolute Gasteiger partial charge is 0.292 e. The summed E-state index contributed by atoms with van der Waals surface area (Å²) < 4.78 is 27.1. The van der Waals surface area contributed by atoms with Crippen LogP contribution in [0.4, 0.5) is 11.4 Å². The molecule has 0 aliphatic heterocycles. The van der Waals surface area contributed by atoms with Crippen LogP contribution in [0, 0.1) is 10.1 Å². The van der Waals surface area contributed by atoms with Crippen molar-refractivity contribution >= 4 is 27.3 Å². The highest BCUT2D eigenvalue weighted by Crippen LogP contribution is 2.22. The summed E-state index contributed by atoms with van der Waals surface area (Å²) >= 11 is 0. The Kier molecular flexibility index (Phi) is 6.93. The molecule has 2 aromatic rings. The van der Waals surface area contributed by atoms with Gasteiger partial charge in [0, 0.05) is 30.3 Å². The topological polar surface area (TPSA) is 130 Å². The third kappa shape index (κ3) is 6.54. The maximum absolute atomic E-state index is 12.3. The molecule has 156 valence electrons. The van der Waals surface area contributed by atoms with E-state index in [0.29, 0.717) is 17.8 Å². The lowest BCUT2D eigenvalue weighted by molar-refractivity contribution is -0.384. The highest BCUT2D eigenvalue weighted by Gasteiger charge is 2.22. The maximum atomic E-state index is 12.3. The Bertz CT molecular complexity index is 982.